The number of hydrogen-bond donors (Lipinski definition) is 2. The van der Waals surface area contributed by atoms with Gasteiger partial charge in [0.2, 0.25) is 5.51 Å². The van der Waals surface area contributed by atoms with E-state index in [0.717, 1.165) is 24.4 Å². The van der Waals surface area contributed by atoms with E-state index in [0.29, 0.717) is 17.3 Å². The second kappa shape index (κ2) is 19.9. The van der Waals surface area contributed by atoms with Gasteiger partial charge in [-0.3, -0.25) is 0 Å². The highest BCUT2D eigenvalue weighted by Crippen LogP contribution is 2.27. The minimum Gasteiger partial charge on any atom is -1.00 e. The van der Waals surface area contributed by atoms with Crippen molar-refractivity contribution in [3.05, 3.63) is 70.1 Å². The molecule has 1 heterocycles. The molecule has 0 radical (unpaired) electrons. The fraction of sp³-hybridized carbons (Fsp3) is 0.484. The smallest absolute Gasteiger partial charge is 0.323 e. The topological polar surface area (TPSA) is 54.2 Å². The number of amides is 2. The summed E-state index contributed by atoms with van der Waals surface area (Å²) in [4.78, 5) is 12.5. The molecular formula is C31H43BrClN3O2S. The molecule has 39 heavy (non-hydrogen) atoms. The molecule has 0 atom stereocenters. The third-order valence-corrected chi connectivity index (χ3v) is 7.54. The Bertz CT molecular complexity index is 1060. The maximum Gasteiger partial charge on any atom is 0.323 e. The SMILES string of the molecule is CCCCCCCCCCCCCCOc1ccc(NC(=O)Nc2ccc(C[n+]3ccsc3)cc2)c(Cl)c1.[Br-]. The van der Waals surface area contributed by atoms with E-state index in [4.69, 9.17) is 16.3 Å². The largest absolute Gasteiger partial charge is 1.00 e. The highest BCUT2D eigenvalue weighted by molar-refractivity contribution is 7.07. The second-order valence-electron chi connectivity index (χ2n) is 9.85. The molecule has 0 unspecified atom stereocenters. The van der Waals surface area contributed by atoms with Crippen molar-refractivity contribution < 1.29 is 31.1 Å². The van der Waals surface area contributed by atoms with Crippen molar-refractivity contribution in [2.75, 3.05) is 17.2 Å². The quantitative estimate of drug-likeness (QED) is 0.124. The predicted molar refractivity (Wildman–Crippen MR) is 161 cm³/mol. The van der Waals surface area contributed by atoms with Crippen LogP contribution in [0.25, 0.3) is 0 Å². The first kappa shape index (κ1) is 33.1. The lowest BCUT2D eigenvalue weighted by Gasteiger charge is -2.11. The molecule has 1 aromatic heterocycles. The lowest BCUT2D eigenvalue weighted by molar-refractivity contribution is -0.683. The molecule has 0 bridgehead atoms. The van der Waals surface area contributed by atoms with E-state index in [1.807, 2.05) is 41.9 Å². The van der Waals surface area contributed by atoms with Crippen molar-refractivity contribution >= 4 is 40.3 Å². The number of aromatic nitrogens is 1. The van der Waals surface area contributed by atoms with E-state index in [9.17, 15) is 4.79 Å². The third-order valence-electron chi connectivity index (χ3n) is 6.56. The van der Waals surface area contributed by atoms with Crippen molar-refractivity contribution in [1.29, 1.82) is 0 Å². The number of rotatable bonds is 18. The number of ether oxygens (including phenoxy) is 1. The maximum atomic E-state index is 12.5. The molecule has 8 heteroatoms. The van der Waals surface area contributed by atoms with Gasteiger partial charge in [0.05, 0.1) is 22.7 Å². The Balaban J connectivity index is 0.00000533. The van der Waals surface area contributed by atoms with Crippen molar-refractivity contribution in [2.24, 2.45) is 0 Å². The Morgan fingerprint density at radius 2 is 1.51 bits per heavy atom. The molecule has 0 fully saturated rings. The van der Waals surface area contributed by atoms with E-state index in [-0.39, 0.29) is 23.0 Å². The van der Waals surface area contributed by atoms with Gasteiger partial charge in [0.15, 0.2) is 12.7 Å². The van der Waals surface area contributed by atoms with E-state index in [1.165, 1.54) is 76.2 Å². The number of hydrogen-bond acceptors (Lipinski definition) is 3. The lowest BCUT2D eigenvalue weighted by Crippen LogP contribution is -3.00. The Labute approximate surface area is 254 Å². The molecule has 2 aromatic carbocycles. The molecule has 3 aromatic rings. The number of nitrogens with one attached hydrogen (secondary N) is 2. The van der Waals surface area contributed by atoms with Crippen LogP contribution < -0.4 is 36.9 Å². The lowest BCUT2D eigenvalue weighted by atomic mass is 10.1. The van der Waals surface area contributed by atoms with Gasteiger partial charge in [-0.25, -0.2) is 4.79 Å². The number of benzene rings is 2. The monoisotopic (exact) mass is 635 g/mol. The van der Waals surface area contributed by atoms with E-state index in [1.54, 1.807) is 23.5 Å². The van der Waals surface area contributed by atoms with Crippen LogP contribution in [0.1, 0.15) is 89.5 Å². The van der Waals surface area contributed by atoms with E-state index < -0.39 is 0 Å². The Morgan fingerprint density at radius 1 is 0.872 bits per heavy atom. The Hall–Kier alpha value is -2.09. The summed E-state index contributed by atoms with van der Waals surface area (Å²) in [6.07, 6.45) is 17.9. The molecule has 0 spiro atoms. The average molecular weight is 637 g/mol. The van der Waals surface area contributed by atoms with Crippen LogP contribution in [0.2, 0.25) is 5.02 Å². The van der Waals surface area contributed by atoms with Gasteiger partial charge in [-0.2, -0.15) is 4.57 Å². The Morgan fingerprint density at radius 3 is 2.10 bits per heavy atom. The van der Waals surface area contributed by atoms with Crippen LogP contribution in [0.5, 0.6) is 5.75 Å². The molecule has 0 saturated heterocycles. The summed E-state index contributed by atoms with van der Waals surface area (Å²) in [6.45, 7) is 3.76. The molecular weight excluding hydrogens is 594 g/mol. The van der Waals surface area contributed by atoms with Crippen molar-refractivity contribution in [3.8, 4) is 5.75 Å². The van der Waals surface area contributed by atoms with E-state index in [2.05, 4.69) is 27.6 Å². The van der Waals surface area contributed by atoms with Gasteiger partial charge in [-0.15, -0.1) is 0 Å². The van der Waals surface area contributed by atoms with Gasteiger partial charge >= 0.3 is 6.03 Å². The summed E-state index contributed by atoms with van der Waals surface area (Å²) in [7, 11) is 0. The number of nitrogens with zero attached hydrogens (tertiary/aromatic N) is 1. The van der Waals surface area contributed by atoms with Gasteiger partial charge in [0.1, 0.15) is 5.75 Å². The van der Waals surface area contributed by atoms with Crippen LogP contribution in [-0.4, -0.2) is 12.6 Å². The molecule has 2 amide bonds. The zero-order valence-electron chi connectivity index (χ0n) is 23.1. The highest BCUT2D eigenvalue weighted by Gasteiger charge is 2.09. The molecule has 0 aliphatic heterocycles. The molecule has 3 rings (SSSR count). The maximum absolute atomic E-state index is 12.5. The molecule has 0 saturated carbocycles. The fourth-order valence-electron chi connectivity index (χ4n) is 4.36. The number of unbranched alkanes of at least 4 members (excludes halogenated alkanes) is 11. The molecule has 0 aliphatic rings. The summed E-state index contributed by atoms with van der Waals surface area (Å²) < 4.78 is 7.99. The van der Waals surface area contributed by atoms with Gasteiger partial charge in [-0.05, 0) is 30.7 Å². The number of halogens is 2. The number of carbonyl (C=O) groups excluding carboxylic acids is 1. The number of urea groups is 1. The summed E-state index contributed by atoms with van der Waals surface area (Å²) in [6, 6.07) is 12.9. The van der Waals surface area contributed by atoms with Crippen LogP contribution in [0.4, 0.5) is 16.2 Å². The normalized spacial score (nSPS) is 10.6. The highest BCUT2D eigenvalue weighted by atomic mass is 79.9. The van der Waals surface area contributed by atoms with Crippen molar-refractivity contribution in [2.45, 2.75) is 90.5 Å². The van der Waals surface area contributed by atoms with Gasteiger partial charge in [0, 0.05) is 17.3 Å². The van der Waals surface area contributed by atoms with Crippen LogP contribution in [-0.2, 0) is 6.54 Å². The van der Waals surface area contributed by atoms with Gasteiger partial charge < -0.3 is 32.4 Å². The first-order valence-electron chi connectivity index (χ1n) is 14.1. The number of thiazole rings is 1. The fourth-order valence-corrected chi connectivity index (χ4v) is 5.18. The minimum absolute atomic E-state index is 0. The zero-order chi connectivity index (χ0) is 26.8. The standard InChI is InChI=1S/C31H42ClN3O2S.BrH/c1-2-3-4-5-6-7-8-9-10-11-12-13-21-37-28-18-19-30(29(32)23-28)34-31(36)33-27-16-14-26(15-17-27)24-35-20-22-38-25-35;/h14-20,22-23,25H,2-13,21,24H2,1H3,(H-,33,34,36);1H. The zero-order valence-corrected chi connectivity index (χ0v) is 26.3. The third kappa shape index (κ3) is 13.7. The van der Waals surface area contributed by atoms with Crippen molar-refractivity contribution in [1.82, 2.24) is 0 Å². The molecule has 5 nitrogen and oxygen atoms in total. The number of carbonyl (C=O) groups is 1. The van der Waals surface area contributed by atoms with Crippen LogP contribution in [0.15, 0.2) is 59.6 Å². The predicted octanol–water partition coefficient (Wildman–Crippen LogP) is 6.47. The molecule has 214 valence electrons. The van der Waals surface area contributed by atoms with E-state index >= 15 is 0 Å². The summed E-state index contributed by atoms with van der Waals surface area (Å²) >= 11 is 8.06. The first-order chi connectivity index (χ1) is 18.6. The van der Waals surface area contributed by atoms with Crippen LogP contribution in [0.3, 0.4) is 0 Å². The van der Waals surface area contributed by atoms with Gasteiger partial charge in [-0.1, -0.05) is 113 Å². The van der Waals surface area contributed by atoms with Crippen molar-refractivity contribution in [3.63, 3.8) is 0 Å². The van der Waals surface area contributed by atoms with Crippen LogP contribution in [0, 0.1) is 0 Å². The first-order valence-corrected chi connectivity index (χ1v) is 15.5. The van der Waals surface area contributed by atoms with Gasteiger partial charge in [0.25, 0.3) is 0 Å². The second-order valence-corrected chi connectivity index (χ2v) is 11.0. The molecule has 0 aliphatic carbocycles. The molecule has 2 N–H and O–H groups in total. The summed E-state index contributed by atoms with van der Waals surface area (Å²) in [5, 5.41) is 8.17. The number of anilines is 2. The van der Waals surface area contributed by atoms with Crippen LogP contribution >= 0.6 is 22.9 Å². The average Bonchev–Trinajstić information content (AvgIpc) is 3.42. The summed E-state index contributed by atoms with van der Waals surface area (Å²) in [5.74, 6) is 0.725. The summed E-state index contributed by atoms with van der Waals surface area (Å²) in [5.41, 5.74) is 4.51. The Kier molecular flexibility index (Phi) is 16.9. The minimum atomic E-state index is -0.336.